The molecule has 1 aromatic heterocycles. The zero-order valence-corrected chi connectivity index (χ0v) is 8.76. The van der Waals surface area contributed by atoms with Gasteiger partial charge in [0.15, 0.2) is 0 Å². The number of pyridine rings is 1. The van der Waals surface area contributed by atoms with Crippen molar-refractivity contribution in [1.29, 1.82) is 0 Å². The second-order valence-corrected chi connectivity index (χ2v) is 3.96. The van der Waals surface area contributed by atoms with E-state index in [9.17, 15) is 4.79 Å². The maximum Gasteiger partial charge on any atom is 0.234 e. The molecule has 1 aliphatic heterocycles. The van der Waals surface area contributed by atoms with E-state index in [4.69, 9.17) is 5.73 Å². The van der Waals surface area contributed by atoms with Crippen LogP contribution >= 0.6 is 0 Å². The average molecular weight is 205 g/mol. The topological polar surface area (TPSA) is 59.2 Å². The normalized spacial score (nSPS) is 26.7. The van der Waals surface area contributed by atoms with Crippen LogP contribution in [0.25, 0.3) is 0 Å². The molecule has 1 amide bonds. The van der Waals surface area contributed by atoms with Crippen LogP contribution in [0.15, 0.2) is 24.5 Å². The van der Waals surface area contributed by atoms with Gasteiger partial charge in [0.25, 0.3) is 0 Å². The van der Waals surface area contributed by atoms with E-state index in [0.717, 1.165) is 18.4 Å². The molecule has 0 spiro atoms. The second kappa shape index (κ2) is 3.98. The minimum atomic E-state index is -0.233. The summed E-state index contributed by atoms with van der Waals surface area (Å²) in [5.74, 6) is -0.233. The summed E-state index contributed by atoms with van der Waals surface area (Å²) in [4.78, 5) is 17.3. The molecule has 15 heavy (non-hydrogen) atoms. The van der Waals surface area contributed by atoms with Crippen LogP contribution in [0.1, 0.15) is 24.4 Å². The minimum Gasteiger partial charge on any atom is -0.368 e. The van der Waals surface area contributed by atoms with Gasteiger partial charge in [-0.25, -0.2) is 0 Å². The van der Waals surface area contributed by atoms with Crippen LogP contribution in [-0.2, 0) is 4.79 Å². The molecule has 0 radical (unpaired) electrons. The number of primary amides is 1. The Balaban J connectivity index is 2.17. The summed E-state index contributed by atoms with van der Waals surface area (Å²) in [5.41, 5.74) is 6.49. The van der Waals surface area contributed by atoms with Crippen LogP contribution in [0.2, 0.25) is 0 Å². The van der Waals surface area contributed by atoms with Crippen LogP contribution in [0, 0.1) is 0 Å². The highest BCUT2D eigenvalue weighted by Gasteiger charge is 2.34. The van der Waals surface area contributed by atoms with E-state index < -0.39 is 0 Å². The number of carbonyl (C=O) groups excluding carboxylic acids is 1. The fourth-order valence-corrected chi connectivity index (χ4v) is 2.26. The largest absolute Gasteiger partial charge is 0.368 e. The SMILES string of the molecule is CN1C(C(N)=O)CCC1c1cccnc1. The lowest BCUT2D eigenvalue weighted by Crippen LogP contribution is -2.38. The average Bonchev–Trinajstić information content (AvgIpc) is 2.61. The first-order valence-electron chi connectivity index (χ1n) is 5.11. The second-order valence-electron chi connectivity index (χ2n) is 3.96. The van der Waals surface area contributed by atoms with Crippen LogP contribution in [-0.4, -0.2) is 28.9 Å². The van der Waals surface area contributed by atoms with Gasteiger partial charge in [0.2, 0.25) is 5.91 Å². The van der Waals surface area contributed by atoms with Crippen LogP contribution in [0.3, 0.4) is 0 Å². The molecule has 80 valence electrons. The number of nitrogens with two attached hydrogens (primary N) is 1. The van der Waals surface area contributed by atoms with E-state index in [1.807, 2.05) is 30.3 Å². The Bertz CT molecular complexity index is 352. The first-order chi connectivity index (χ1) is 7.20. The van der Waals surface area contributed by atoms with E-state index in [1.54, 1.807) is 6.20 Å². The smallest absolute Gasteiger partial charge is 0.234 e. The number of likely N-dealkylation sites (tertiary alicyclic amines) is 1. The van der Waals surface area contributed by atoms with E-state index in [-0.39, 0.29) is 18.0 Å². The number of nitrogens with zero attached hydrogens (tertiary/aromatic N) is 2. The summed E-state index contributed by atoms with van der Waals surface area (Å²) in [6.45, 7) is 0. The van der Waals surface area contributed by atoms with Gasteiger partial charge < -0.3 is 5.73 Å². The van der Waals surface area contributed by atoms with Crippen molar-refractivity contribution in [2.75, 3.05) is 7.05 Å². The van der Waals surface area contributed by atoms with Gasteiger partial charge in [0, 0.05) is 18.4 Å². The molecule has 4 nitrogen and oxygen atoms in total. The summed E-state index contributed by atoms with van der Waals surface area (Å²) in [6, 6.07) is 4.10. The summed E-state index contributed by atoms with van der Waals surface area (Å²) < 4.78 is 0. The van der Waals surface area contributed by atoms with Crippen LogP contribution in [0.4, 0.5) is 0 Å². The molecular formula is C11H15N3O. The molecule has 1 fully saturated rings. The van der Waals surface area contributed by atoms with Crippen molar-refractivity contribution < 1.29 is 4.79 Å². The van der Waals surface area contributed by atoms with Crippen molar-refractivity contribution in [3.05, 3.63) is 30.1 Å². The fourth-order valence-electron chi connectivity index (χ4n) is 2.26. The highest BCUT2D eigenvalue weighted by molar-refractivity contribution is 5.80. The monoisotopic (exact) mass is 205 g/mol. The first-order valence-corrected chi connectivity index (χ1v) is 5.11. The number of rotatable bonds is 2. The number of aromatic nitrogens is 1. The van der Waals surface area contributed by atoms with Crippen molar-refractivity contribution >= 4 is 5.91 Å². The highest BCUT2D eigenvalue weighted by Crippen LogP contribution is 2.33. The van der Waals surface area contributed by atoms with Crippen molar-refractivity contribution in [2.45, 2.75) is 24.9 Å². The molecule has 0 aliphatic carbocycles. The molecule has 2 rings (SSSR count). The predicted octanol–water partition coefficient (Wildman–Crippen LogP) is 0.702. The molecule has 2 atom stereocenters. The van der Waals surface area contributed by atoms with Crippen molar-refractivity contribution in [3.8, 4) is 0 Å². The lowest BCUT2D eigenvalue weighted by Gasteiger charge is -2.23. The molecular weight excluding hydrogens is 190 g/mol. The number of carbonyl (C=O) groups is 1. The van der Waals surface area contributed by atoms with Crippen LogP contribution < -0.4 is 5.73 Å². The van der Waals surface area contributed by atoms with Gasteiger partial charge in [-0.1, -0.05) is 6.07 Å². The van der Waals surface area contributed by atoms with Crippen molar-refractivity contribution in [2.24, 2.45) is 5.73 Å². The zero-order chi connectivity index (χ0) is 10.8. The Labute approximate surface area is 89.1 Å². The first kappa shape index (κ1) is 10.1. The Morgan fingerprint density at radius 2 is 2.40 bits per heavy atom. The van der Waals surface area contributed by atoms with E-state index in [1.165, 1.54) is 0 Å². The standard InChI is InChI=1S/C11H15N3O/c1-14-9(4-5-10(14)11(12)15)8-3-2-6-13-7-8/h2-3,6-7,9-10H,4-5H2,1H3,(H2,12,15). The van der Waals surface area contributed by atoms with Gasteiger partial charge in [0.05, 0.1) is 6.04 Å². The van der Waals surface area contributed by atoms with E-state index in [2.05, 4.69) is 4.98 Å². The van der Waals surface area contributed by atoms with Gasteiger partial charge in [-0.3, -0.25) is 14.7 Å². The summed E-state index contributed by atoms with van der Waals surface area (Å²) in [6.07, 6.45) is 5.41. The Kier molecular flexibility index (Phi) is 2.68. The minimum absolute atomic E-state index is 0.129. The third-order valence-corrected chi connectivity index (χ3v) is 3.09. The van der Waals surface area contributed by atoms with Gasteiger partial charge in [-0.2, -0.15) is 0 Å². The Morgan fingerprint density at radius 1 is 1.60 bits per heavy atom. The Hall–Kier alpha value is -1.42. The van der Waals surface area contributed by atoms with Gasteiger partial charge in [-0.05, 0) is 31.5 Å². The maximum atomic E-state index is 11.2. The zero-order valence-electron chi connectivity index (χ0n) is 8.76. The van der Waals surface area contributed by atoms with Crippen LogP contribution in [0.5, 0.6) is 0 Å². The van der Waals surface area contributed by atoms with E-state index in [0.29, 0.717) is 0 Å². The van der Waals surface area contributed by atoms with Crippen molar-refractivity contribution in [1.82, 2.24) is 9.88 Å². The molecule has 1 aromatic rings. The molecule has 1 aliphatic rings. The summed E-state index contributed by atoms with van der Waals surface area (Å²) in [5, 5.41) is 0. The quantitative estimate of drug-likeness (QED) is 0.773. The summed E-state index contributed by atoms with van der Waals surface area (Å²) >= 11 is 0. The van der Waals surface area contributed by atoms with E-state index >= 15 is 0 Å². The molecule has 0 aromatic carbocycles. The highest BCUT2D eigenvalue weighted by atomic mass is 16.1. The molecule has 2 unspecified atom stereocenters. The lowest BCUT2D eigenvalue weighted by atomic mass is 10.1. The maximum absolute atomic E-state index is 11.2. The summed E-state index contributed by atoms with van der Waals surface area (Å²) in [7, 11) is 1.94. The number of amides is 1. The lowest BCUT2D eigenvalue weighted by molar-refractivity contribution is -0.122. The molecule has 4 heteroatoms. The molecule has 0 saturated carbocycles. The third-order valence-electron chi connectivity index (χ3n) is 3.09. The number of hydrogen-bond acceptors (Lipinski definition) is 3. The Morgan fingerprint density at radius 3 is 2.93 bits per heavy atom. The van der Waals surface area contributed by atoms with Crippen molar-refractivity contribution in [3.63, 3.8) is 0 Å². The molecule has 1 saturated heterocycles. The third kappa shape index (κ3) is 1.85. The number of hydrogen-bond donors (Lipinski definition) is 1. The fraction of sp³-hybridized carbons (Fsp3) is 0.455. The molecule has 2 heterocycles. The van der Waals surface area contributed by atoms with Gasteiger partial charge >= 0.3 is 0 Å². The molecule has 2 N–H and O–H groups in total. The van der Waals surface area contributed by atoms with Gasteiger partial charge in [0.1, 0.15) is 0 Å². The van der Waals surface area contributed by atoms with Gasteiger partial charge in [-0.15, -0.1) is 0 Å². The predicted molar refractivity (Wildman–Crippen MR) is 57.0 cm³/mol. The molecule has 0 bridgehead atoms. The number of likely N-dealkylation sites (N-methyl/N-ethyl adjacent to an activating group) is 1.